The quantitative estimate of drug-likeness (QED) is 0.270. The van der Waals surface area contributed by atoms with Crippen LogP contribution in [0.25, 0.3) is 16.6 Å². The molecule has 0 radical (unpaired) electrons. The molecule has 1 aliphatic rings. The SMILES string of the molecule is Cc1ccc(-n2ncc3c(NC(=O)c4cc(CNC(=O)C5(C(F)(F)F)CC5)ccc4Cl)cccc32)cc1Cl. The van der Waals surface area contributed by atoms with Crippen LogP contribution in [0.15, 0.2) is 60.8 Å². The molecule has 0 bridgehead atoms. The molecule has 6 nitrogen and oxygen atoms in total. The summed E-state index contributed by atoms with van der Waals surface area (Å²) >= 11 is 12.5. The molecule has 0 aliphatic heterocycles. The fourth-order valence-corrected chi connectivity index (χ4v) is 4.62. The summed E-state index contributed by atoms with van der Waals surface area (Å²) in [5, 5.41) is 11.1. The molecule has 0 saturated heterocycles. The molecule has 0 spiro atoms. The Kier molecular flexibility index (Phi) is 6.61. The van der Waals surface area contributed by atoms with Gasteiger partial charge in [0.25, 0.3) is 5.91 Å². The number of anilines is 1. The van der Waals surface area contributed by atoms with Crippen LogP contribution in [0.5, 0.6) is 0 Å². The van der Waals surface area contributed by atoms with Gasteiger partial charge in [-0.25, -0.2) is 4.68 Å². The summed E-state index contributed by atoms with van der Waals surface area (Å²) in [4.78, 5) is 25.3. The Hall–Kier alpha value is -3.56. The van der Waals surface area contributed by atoms with E-state index < -0.39 is 23.4 Å². The van der Waals surface area contributed by atoms with Crippen molar-refractivity contribution in [3.8, 4) is 5.69 Å². The summed E-state index contributed by atoms with van der Waals surface area (Å²) in [5.41, 5.74) is 1.17. The lowest BCUT2D eigenvalue weighted by Crippen LogP contribution is -2.40. The van der Waals surface area contributed by atoms with Crippen LogP contribution in [0.1, 0.15) is 34.3 Å². The van der Waals surface area contributed by atoms with Crippen molar-refractivity contribution in [2.24, 2.45) is 5.41 Å². The van der Waals surface area contributed by atoms with Gasteiger partial charge in [-0.1, -0.05) is 41.4 Å². The second kappa shape index (κ2) is 9.63. The van der Waals surface area contributed by atoms with E-state index in [1.807, 2.05) is 25.1 Å². The third-order valence-electron chi connectivity index (χ3n) is 6.72. The number of halogens is 5. The minimum atomic E-state index is -4.59. The first kappa shape index (κ1) is 26.1. The van der Waals surface area contributed by atoms with E-state index in [2.05, 4.69) is 15.7 Å². The van der Waals surface area contributed by atoms with Gasteiger partial charge in [-0.05, 0) is 67.3 Å². The molecule has 1 heterocycles. The smallest absolute Gasteiger partial charge is 0.351 e. The maximum Gasteiger partial charge on any atom is 0.403 e. The minimum Gasteiger partial charge on any atom is -0.351 e. The van der Waals surface area contributed by atoms with Gasteiger partial charge in [0.15, 0.2) is 0 Å². The predicted molar refractivity (Wildman–Crippen MR) is 140 cm³/mol. The average Bonchev–Trinajstić information content (AvgIpc) is 3.59. The Morgan fingerprint density at radius 3 is 2.50 bits per heavy atom. The molecule has 2 N–H and O–H groups in total. The van der Waals surface area contributed by atoms with Crippen LogP contribution in [-0.4, -0.2) is 27.8 Å². The van der Waals surface area contributed by atoms with E-state index in [-0.39, 0.29) is 30.0 Å². The third kappa shape index (κ3) is 4.72. The first-order chi connectivity index (χ1) is 18.0. The molecule has 1 aromatic heterocycles. The highest BCUT2D eigenvalue weighted by molar-refractivity contribution is 6.34. The molecule has 2 amide bonds. The van der Waals surface area contributed by atoms with Gasteiger partial charge in [0.1, 0.15) is 5.41 Å². The normalized spacial score (nSPS) is 14.4. The van der Waals surface area contributed by atoms with Crippen LogP contribution >= 0.6 is 23.2 Å². The van der Waals surface area contributed by atoms with Crippen LogP contribution in [0.2, 0.25) is 10.0 Å². The van der Waals surface area contributed by atoms with Gasteiger partial charge in [-0.2, -0.15) is 18.3 Å². The molecule has 196 valence electrons. The van der Waals surface area contributed by atoms with Crippen molar-refractivity contribution in [2.45, 2.75) is 32.5 Å². The molecular formula is C27H21Cl2F3N4O2. The Bertz CT molecular complexity index is 1580. The van der Waals surface area contributed by atoms with Crippen LogP contribution in [0.3, 0.4) is 0 Å². The molecular weight excluding hydrogens is 540 g/mol. The van der Waals surface area contributed by atoms with Gasteiger partial charge in [0.05, 0.1) is 33.7 Å². The van der Waals surface area contributed by atoms with Crippen molar-refractivity contribution in [1.29, 1.82) is 0 Å². The van der Waals surface area contributed by atoms with Crippen LogP contribution < -0.4 is 10.6 Å². The van der Waals surface area contributed by atoms with Crippen LogP contribution in [0, 0.1) is 12.3 Å². The van der Waals surface area contributed by atoms with Crippen molar-refractivity contribution in [2.75, 3.05) is 5.32 Å². The zero-order chi connectivity index (χ0) is 27.2. The summed E-state index contributed by atoms with van der Waals surface area (Å²) in [6.45, 7) is 1.73. The van der Waals surface area contributed by atoms with E-state index in [1.165, 1.54) is 12.1 Å². The van der Waals surface area contributed by atoms with Crippen molar-refractivity contribution in [1.82, 2.24) is 15.1 Å². The van der Waals surface area contributed by atoms with Gasteiger partial charge >= 0.3 is 6.18 Å². The van der Waals surface area contributed by atoms with E-state index in [4.69, 9.17) is 23.2 Å². The zero-order valence-electron chi connectivity index (χ0n) is 20.0. The molecule has 5 rings (SSSR count). The lowest BCUT2D eigenvalue weighted by molar-refractivity contribution is -0.192. The number of carbonyl (C=O) groups is 2. The number of aromatic nitrogens is 2. The van der Waals surface area contributed by atoms with Gasteiger partial charge < -0.3 is 10.6 Å². The molecule has 1 fully saturated rings. The first-order valence-electron chi connectivity index (χ1n) is 11.7. The number of benzene rings is 3. The highest BCUT2D eigenvalue weighted by atomic mass is 35.5. The molecule has 11 heteroatoms. The van der Waals surface area contributed by atoms with Gasteiger partial charge in [0.2, 0.25) is 5.91 Å². The Labute approximate surface area is 225 Å². The summed E-state index contributed by atoms with van der Waals surface area (Å²) in [7, 11) is 0. The highest BCUT2D eigenvalue weighted by Crippen LogP contribution is 2.57. The molecule has 1 aliphatic carbocycles. The number of rotatable bonds is 6. The maximum atomic E-state index is 13.2. The van der Waals surface area contributed by atoms with Gasteiger partial charge in [-0.15, -0.1) is 0 Å². The topological polar surface area (TPSA) is 76.0 Å². The summed E-state index contributed by atoms with van der Waals surface area (Å²) < 4.78 is 41.3. The number of hydrogen-bond donors (Lipinski definition) is 2. The maximum absolute atomic E-state index is 13.2. The average molecular weight is 561 g/mol. The Morgan fingerprint density at radius 1 is 1.05 bits per heavy atom. The lowest BCUT2D eigenvalue weighted by atomic mass is 10.1. The van der Waals surface area contributed by atoms with Crippen LogP contribution in [0.4, 0.5) is 18.9 Å². The predicted octanol–water partition coefficient (Wildman–Crippen LogP) is 6.85. The monoisotopic (exact) mass is 560 g/mol. The van der Waals surface area contributed by atoms with E-state index in [0.29, 0.717) is 21.7 Å². The molecule has 0 atom stereocenters. The summed E-state index contributed by atoms with van der Waals surface area (Å²) in [6.07, 6.45) is -3.42. The van der Waals surface area contributed by atoms with Gasteiger partial charge in [-0.3, -0.25) is 9.59 Å². The minimum absolute atomic E-state index is 0.116. The second-order valence-electron chi connectivity index (χ2n) is 9.26. The zero-order valence-corrected chi connectivity index (χ0v) is 21.5. The largest absolute Gasteiger partial charge is 0.403 e. The van der Waals surface area contributed by atoms with Crippen molar-refractivity contribution < 1.29 is 22.8 Å². The molecule has 38 heavy (non-hydrogen) atoms. The number of hydrogen-bond acceptors (Lipinski definition) is 3. The van der Waals surface area contributed by atoms with E-state index in [1.54, 1.807) is 35.1 Å². The fraction of sp³-hybridized carbons (Fsp3) is 0.222. The van der Waals surface area contributed by atoms with E-state index in [0.717, 1.165) is 16.8 Å². The van der Waals surface area contributed by atoms with Gasteiger partial charge in [0, 0.05) is 17.0 Å². The molecule has 1 saturated carbocycles. The highest BCUT2D eigenvalue weighted by Gasteiger charge is 2.68. The fourth-order valence-electron chi connectivity index (χ4n) is 4.24. The summed E-state index contributed by atoms with van der Waals surface area (Å²) in [6, 6.07) is 15.4. The molecule has 3 aromatic carbocycles. The number of nitrogens with one attached hydrogen (secondary N) is 2. The van der Waals surface area contributed by atoms with Crippen molar-refractivity contribution in [3.05, 3.63) is 87.5 Å². The number of nitrogens with zero attached hydrogens (tertiary/aromatic N) is 2. The van der Waals surface area contributed by atoms with Crippen LogP contribution in [-0.2, 0) is 11.3 Å². The second-order valence-corrected chi connectivity index (χ2v) is 10.1. The number of carbonyl (C=O) groups excluding carboxylic acids is 2. The van der Waals surface area contributed by atoms with Crippen molar-refractivity contribution >= 4 is 51.6 Å². The molecule has 4 aromatic rings. The Morgan fingerprint density at radius 2 is 1.82 bits per heavy atom. The standard InChI is InChI=1S/C27H21Cl2F3N4O2/c1-15-5-7-17(12-21(15)29)36-23-4-2-3-22(19(23)14-34-36)35-24(37)18-11-16(6-8-20(18)28)13-33-25(38)26(9-10-26)27(30,31)32/h2-8,11-12,14H,9-10,13H2,1H3,(H,33,38)(H,35,37). The number of aryl methyl sites for hydroxylation is 1. The van der Waals surface area contributed by atoms with Crippen molar-refractivity contribution in [3.63, 3.8) is 0 Å². The van der Waals surface area contributed by atoms with E-state index in [9.17, 15) is 22.8 Å². The van der Waals surface area contributed by atoms with E-state index >= 15 is 0 Å². The lowest BCUT2D eigenvalue weighted by Gasteiger charge is -2.18. The molecule has 0 unspecified atom stereocenters. The number of alkyl halides is 3. The number of amides is 2. The third-order valence-corrected chi connectivity index (χ3v) is 7.45. The summed E-state index contributed by atoms with van der Waals surface area (Å²) in [5.74, 6) is -1.58. The Balaban J connectivity index is 1.35. The number of fused-ring (bicyclic) bond motifs is 1. The first-order valence-corrected chi connectivity index (χ1v) is 12.4.